The van der Waals surface area contributed by atoms with E-state index < -0.39 is 5.41 Å². The predicted molar refractivity (Wildman–Crippen MR) is 70.5 cm³/mol. The fourth-order valence-corrected chi connectivity index (χ4v) is 1.51. The Morgan fingerprint density at radius 2 is 1.95 bits per heavy atom. The third kappa shape index (κ3) is 3.15. The molecule has 1 aromatic heterocycles. The monoisotopic (exact) mass is 259 g/mol. The van der Waals surface area contributed by atoms with E-state index in [2.05, 4.69) is 20.8 Å². The van der Waals surface area contributed by atoms with Gasteiger partial charge in [0.1, 0.15) is 0 Å². The van der Waals surface area contributed by atoms with Crippen molar-refractivity contribution in [2.75, 3.05) is 0 Å². The van der Waals surface area contributed by atoms with Gasteiger partial charge < -0.3 is 5.32 Å². The predicted octanol–water partition coefficient (Wildman–Crippen LogP) is 1.32. The first-order valence-corrected chi connectivity index (χ1v) is 6.09. The van der Waals surface area contributed by atoms with Crippen LogP contribution in [0.3, 0.4) is 0 Å². The molecule has 0 fully saturated rings. The molecule has 0 spiro atoms. The minimum atomic E-state index is -0.426. The quantitative estimate of drug-likeness (QED) is 0.902. The SMILES string of the molecule is CC(C)(C)C(=O)NCc1nnnn1-c1ccccc1. The van der Waals surface area contributed by atoms with Crippen molar-refractivity contribution in [3.8, 4) is 5.69 Å². The zero-order valence-electron chi connectivity index (χ0n) is 11.3. The summed E-state index contributed by atoms with van der Waals surface area (Å²) in [6.45, 7) is 5.89. The Morgan fingerprint density at radius 1 is 1.26 bits per heavy atom. The smallest absolute Gasteiger partial charge is 0.225 e. The Hall–Kier alpha value is -2.24. The lowest BCUT2D eigenvalue weighted by Gasteiger charge is -2.17. The van der Waals surface area contributed by atoms with Gasteiger partial charge in [0, 0.05) is 5.41 Å². The molecule has 1 heterocycles. The highest BCUT2D eigenvalue weighted by atomic mass is 16.2. The fraction of sp³-hybridized carbons (Fsp3) is 0.385. The number of hydrogen-bond donors (Lipinski definition) is 1. The van der Waals surface area contributed by atoms with Gasteiger partial charge in [0.2, 0.25) is 5.91 Å². The van der Waals surface area contributed by atoms with Gasteiger partial charge in [0.05, 0.1) is 12.2 Å². The molecule has 0 aliphatic heterocycles. The van der Waals surface area contributed by atoms with E-state index >= 15 is 0 Å². The van der Waals surface area contributed by atoms with Crippen molar-refractivity contribution in [1.29, 1.82) is 0 Å². The molecular weight excluding hydrogens is 242 g/mol. The van der Waals surface area contributed by atoms with Gasteiger partial charge in [-0.05, 0) is 22.6 Å². The molecule has 100 valence electrons. The van der Waals surface area contributed by atoms with E-state index in [-0.39, 0.29) is 5.91 Å². The number of nitrogens with zero attached hydrogens (tertiary/aromatic N) is 4. The van der Waals surface area contributed by atoms with Crippen LogP contribution in [0.25, 0.3) is 5.69 Å². The standard InChI is InChI=1S/C13H17N5O/c1-13(2,3)12(19)14-9-11-15-16-17-18(11)10-7-5-4-6-8-10/h4-8H,9H2,1-3H3,(H,14,19). The van der Waals surface area contributed by atoms with Gasteiger partial charge >= 0.3 is 0 Å². The Balaban J connectivity index is 2.11. The van der Waals surface area contributed by atoms with Crippen LogP contribution in [0.5, 0.6) is 0 Å². The van der Waals surface area contributed by atoms with E-state index in [1.807, 2.05) is 51.1 Å². The molecule has 1 amide bonds. The lowest BCUT2D eigenvalue weighted by Crippen LogP contribution is -2.35. The number of para-hydroxylation sites is 1. The van der Waals surface area contributed by atoms with E-state index in [1.165, 1.54) is 0 Å². The molecule has 0 unspecified atom stereocenters. The molecule has 6 heteroatoms. The minimum Gasteiger partial charge on any atom is -0.348 e. The molecule has 0 atom stereocenters. The summed E-state index contributed by atoms with van der Waals surface area (Å²) in [5, 5.41) is 14.3. The topological polar surface area (TPSA) is 72.7 Å². The van der Waals surface area contributed by atoms with Gasteiger partial charge in [-0.3, -0.25) is 4.79 Å². The summed E-state index contributed by atoms with van der Waals surface area (Å²) < 4.78 is 1.61. The number of carbonyl (C=O) groups excluding carboxylic acids is 1. The zero-order chi connectivity index (χ0) is 13.9. The second-order valence-electron chi connectivity index (χ2n) is 5.28. The van der Waals surface area contributed by atoms with E-state index in [0.717, 1.165) is 5.69 Å². The Labute approximate surface area is 111 Å². The van der Waals surface area contributed by atoms with Crippen molar-refractivity contribution >= 4 is 5.91 Å². The van der Waals surface area contributed by atoms with Gasteiger partial charge in [-0.25, -0.2) is 0 Å². The maximum absolute atomic E-state index is 11.8. The van der Waals surface area contributed by atoms with Crippen LogP contribution in [0.4, 0.5) is 0 Å². The fourth-order valence-electron chi connectivity index (χ4n) is 1.51. The van der Waals surface area contributed by atoms with Crippen LogP contribution in [0.1, 0.15) is 26.6 Å². The molecule has 2 rings (SSSR count). The summed E-state index contributed by atoms with van der Waals surface area (Å²) in [6.07, 6.45) is 0. The molecule has 2 aromatic rings. The highest BCUT2D eigenvalue weighted by Crippen LogP contribution is 2.13. The van der Waals surface area contributed by atoms with Crippen LogP contribution < -0.4 is 5.32 Å². The summed E-state index contributed by atoms with van der Waals surface area (Å²) in [5.74, 6) is 0.568. The van der Waals surface area contributed by atoms with Gasteiger partial charge in [-0.15, -0.1) is 5.10 Å². The van der Waals surface area contributed by atoms with Crippen LogP contribution in [-0.4, -0.2) is 26.1 Å². The van der Waals surface area contributed by atoms with Gasteiger partial charge in [-0.1, -0.05) is 39.0 Å². The first-order valence-electron chi connectivity index (χ1n) is 6.09. The van der Waals surface area contributed by atoms with Crippen LogP contribution in [0.2, 0.25) is 0 Å². The molecule has 0 aliphatic carbocycles. The third-order valence-corrected chi connectivity index (χ3v) is 2.62. The molecule has 1 N–H and O–H groups in total. The molecule has 0 saturated carbocycles. The number of rotatable bonds is 3. The lowest BCUT2D eigenvalue weighted by molar-refractivity contribution is -0.128. The summed E-state index contributed by atoms with van der Waals surface area (Å²) in [5.41, 5.74) is 0.442. The number of tetrazole rings is 1. The van der Waals surface area contributed by atoms with Crippen LogP contribution in [-0.2, 0) is 11.3 Å². The summed E-state index contributed by atoms with van der Waals surface area (Å²) >= 11 is 0. The number of amides is 1. The maximum Gasteiger partial charge on any atom is 0.225 e. The Bertz CT molecular complexity index is 556. The molecular formula is C13H17N5O. The first kappa shape index (κ1) is 13.2. The maximum atomic E-state index is 11.8. The highest BCUT2D eigenvalue weighted by molar-refractivity contribution is 5.81. The molecule has 19 heavy (non-hydrogen) atoms. The zero-order valence-corrected chi connectivity index (χ0v) is 11.3. The summed E-state index contributed by atoms with van der Waals surface area (Å²) in [6, 6.07) is 9.56. The summed E-state index contributed by atoms with van der Waals surface area (Å²) in [7, 11) is 0. The number of hydrogen-bond acceptors (Lipinski definition) is 4. The second kappa shape index (κ2) is 5.17. The van der Waals surface area contributed by atoms with Crippen molar-refractivity contribution in [2.24, 2.45) is 5.41 Å². The van der Waals surface area contributed by atoms with Gasteiger partial charge in [-0.2, -0.15) is 4.68 Å². The van der Waals surface area contributed by atoms with Crippen molar-refractivity contribution in [2.45, 2.75) is 27.3 Å². The van der Waals surface area contributed by atoms with Crippen molar-refractivity contribution < 1.29 is 4.79 Å². The Kier molecular flexibility index (Phi) is 3.59. The average Bonchev–Trinajstić information content (AvgIpc) is 2.84. The summed E-state index contributed by atoms with van der Waals surface area (Å²) in [4.78, 5) is 11.8. The minimum absolute atomic E-state index is 0.0323. The number of carbonyl (C=O) groups is 1. The van der Waals surface area contributed by atoms with E-state index in [9.17, 15) is 4.79 Å². The van der Waals surface area contributed by atoms with E-state index in [4.69, 9.17) is 0 Å². The molecule has 6 nitrogen and oxygen atoms in total. The third-order valence-electron chi connectivity index (χ3n) is 2.62. The van der Waals surface area contributed by atoms with E-state index in [1.54, 1.807) is 4.68 Å². The van der Waals surface area contributed by atoms with Crippen molar-refractivity contribution in [3.05, 3.63) is 36.2 Å². The Morgan fingerprint density at radius 3 is 2.58 bits per heavy atom. The van der Waals surface area contributed by atoms with Gasteiger partial charge in [0.15, 0.2) is 5.82 Å². The van der Waals surface area contributed by atoms with Crippen LogP contribution in [0, 0.1) is 5.41 Å². The molecule has 0 saturated heterocycles. The lowest BCUT2D eigenvalue weighted by atomic mass is 9.96. The second-order valence-corrected chi connectivity index (χ2v) is 5.28. The number of nitrogens with one attached hydrogen (secondary N) is 1. The van der Waals surface area contributed by atoms with Gasteiger partial charge in [0.25, 0.3) is 0 Å². The first-order chi connectivity index (χ1) is 8.98. The van der Waals surface area contributed by atoms with E-state index in [0.29, 0.717) is 12.4 Å². The average molecular weight is 259 g/mol. The highest BCUT2D eigenvalue weighted by Gasteiger charge is 2.21. The molecule has 0 aliphatic rings. The van der Waals surface area contributed by atoms with Crippen LogP contribution in [0.15, 0.2) is 30.3 Å². The normalized spacial score (nSPS) is 11.3. The number of benzene rings is 1. The molecule has 1 aromatic carbocycles. The van der Waals surface area contributed by atoms with Crippen LogP contribution >= 0.6 is 0 Å². The molecule has 0 bridgehead atoms. The van der Waals surface area contributed by atoms with Crippen molar-refractivity contribution in [1.82, 2.24) is 25.5 Å². The van der Waals surface area contributed by atoms with Crippen molar-refractivity contribution in [3.63, 3.8) is 0 Å². The number of aromatic nitrogens is 4. The largest absolute Gasteiger partial charge is 0.348 e. The molecule has 0 radical (unpaired) electrons.